The number of aliphatic imine (C=N–C) groups is 1. The summed E-state index contributed by atoms with van der Waals surface area (Å²) in [4.78, 5) is 17.2. The first-order valence-corrected chi connectivity index (χ1v) is 12.2. The van der Waals surface area contributed by atoms with Crippen LogP contribution in [0.25, 0.3) is 6.08 Å². The number of carbonyl (C=O) groups is 1. The lowest BCUT2D eigenvalue weighted by Crippen LogP contribution is -2.19. The van der Waals surface area contributed by atoms with Crippen molar-refractivity contribution < 1.29 is 18.7 Å². The van der Waals surface area contributed by atoms with Crippen LogP contribution < -0.4 is 14.8 Å². The molecule has 1 N–H and O–H groups in total. The molecule has 0 atom stereocenters. The largest absolute Gasteiger partial charge is 0.493 e. The van der Waals surface area contributed by atoms with E-state index in [-0.39, 0.29) is 18.3 Å². The number of ether oxygens (including phenoxy) is 2. The molecule has 0 spiro atoms. The van der Waals surface area contributed by atoms with E-state index in [1.54, 1.807) is 30.3 Å². The third kappa shape index (κ3) is 5.93. The number of nitrogens with one attached hydrogen (secondary N) is 1. The summed E-state index contributed by atoms with van der Waals surface area (Å²) < 4.78 is 25.2. The average Bonchev–Trinajstić information content (AvgIpc) is 3.16. The number of thioether (sulfide) groups is 1. The maximum Gasteiger partial charge on any atom is 0.264 e. The maximum absolute atomic E-state index is 13.1. The minimum Gasteiger partial charge on any atom is -0.493 e. The molecule has 10 heteroatoms. The minimum atomic E-state index is -0.351. The highest BCUT2D eigenvalue weighted by atomic mass is 79.9. The van der Waals surface area contributed by atoms with Gasteiger partial charge in [0.1, 0.15) is 12.4 Å². The number of nitrogens with zero attached hydrogens (tertiary/aromatic N) is 1. The van der Waals surface area contributed by atoms with Crippen molar-refractivity contribution in [3.63, 3.8) is 0 Å². The number of hydrogen-bond donors (Lipinski definition) is 1. The van der Waals surface area contributed by atoms with Crippen LogP contribution in [0.4, 0.5) is 10.1 Å². The SMILES string of the molecule is COc1cc(/C=C2/SC(=Nc3ccc(F)cc3)NC2=O)c(Br)cc1OCc1ccc(Cl)c(Cl)c1. The predicted molar refractivity (Wildman–Crippen MR) is 139 cm³/mol. The molecule has 1 aliphatic heterocycles. The van der Waals surface area contributed by atoms with E-state index in [9.17, 15) is 9.18 Å². The van der Waals surface area contributed by atoms with Crippen LogP contribution in [-0.2, 0) is 11.4 Å². The lowest BCUT2D eigenvalue weighted by molar-refractivity contribution is -0.115. The van der Waals surface area contributed by atoms with Gasteiger partial charge in [0, 0.05) is 4.47 Å². The first kappa shape index (κ1) is 24.6. The molecule has 1 amide bonds. The Hall–Kier alpha value is -2.52. The van der Waals surface area contributed by atoms with Gasteiger partial charge in [-0.3, -0.25) is 4.79 Å². The number of amides is 1. The van der Waals surface area contributed by atoms with E-state index in [1.165, 1.54) is 43.1 Å². The molecule has 1 fully saturated rings. The third-order valence-corrected chi connectivity index (χ3v) is 6.99. The van der Waals surface area contributed by atoms with Crippen LogP contribution in [0, 0.1) is 5.82 Å². The zero-order valence-corrected chi connectivity index (χ0v) is 21.5. The molecule has 0 saturated carbocycles. The lowest BCUT2D eigenvalue weighted by atomic mass is 10.1. The van der Waals surface area contributed by atoms with Gasteiger partial charge in [0.05, 0.1) is 27.7 Å². The van der Waals surface area contributed by atoms with Crippen LogP contribution in [0.1, 0.15) is 11.1 Å². The molecule has 4 rings (SSSR count). The van der Waals surface area contributed by atoms with Crippen LogP contribution in [0.5, 0.6) is 11.5 Å². The quantitative estimate of drug-likeness (QED) is 0.309. The number of benzene rings is 3. The third-order valence-electron chi connectivity index (χ3n) is 4.66. The topological polar surface area (TPSA) is 59.9 Å². The Labute approximate surface area is 218 Å². The molecule has 34 heavy (non-hydrogen) atoms. The van der Waals surface area contributed by atoms with E-state index in [4.69, 9.17) is 32.7 Å². The standard InChI is InChI=1S/C24H16BrCl2FN2O3S/c1-32-20-9-14(17(25)11-21(20)33-12-13-2-7-18(26)19(27)8-13)10-22-23(31)30-24(34-22)29-16-5-3-15(28)4-6-16/h2-11H,12H2,1H3,(H,29,30,31)/b22-10+. The van der Waals surface area contributed by atoms with Gasteiger partial charge in [-0.05, 0) is 77.5 Å². The first-order chi connectivity index (χ1) is 16.3. The fourth-order valence-electron chi connectivity index (χ4n) is 2.98. The summed E-state index contributed by atoms with van der Waals surface area (Å²) in [5.41, 5.74) is 2.11. The molecular formula is C24H16BrCl2FN2O3S. The molecule has 3 aromatic carbocycles. The van der Waals surface area contributed by atoms with Gasteiger partial charge in [0.2, 0.25) is 0 Å². The van der Waals surface area contributed by atoms with Crippen molar-refractivity contribution in [2.24, 2.45) is 4.99 Å². The van der Waals surface area contributed by atoms with Crippen LogP contribution in [-0.4, -0.2) is 18.2 Å². The summed E-state index contributed by atoms with van der Waals surface area (Å²) in [6.45, 7) is 0.265. The molecular weight excluding hydrogens is 566 g/mol. The zero-order valence-electron chi connectivity index (χ0n) is 17.6. The van der Waals surface area contributed by atoms with Crippen molar-refractivity contribution in [2.75, 3.05) is 7.11 Å². The van der Waals surface area contributed by atoms with Gasteiger partial charge in [0.15, 0.2) is 16.7 Å². The second kappa shape index (κ2) is 10.8. The smallest absolute Gasteiger partial charge is 0.264 e. The van der Waals surface area contributed by atoms with E-state index >= 15 is 0 Å². The normalized spacial score (nSPS) is 15.6. The van der Waals surface area contributed by atoms with Crippen LogP contribution in [0.2, 0.25) is 10.0 Å². The summed E-state index contributed by atoms with van der Waals surface area (Å²) in [6.07, 6.45) is 1.72. The van der Waals surface area contributed by atoms with Gasteiger partial charge < -0.3 is 14.8 Å². The summed E-state index contributed by atoms with van der Waals surface area (Å²) in [5, 5.41) is 4.05. The maximum atomic E-state index is 13.1. The number of halogens is 4. The van der Waals surface area contributed by atoms with E-state index in [0.29, 0.717) is 41.8 Å². The monoisotopic (exact) mass is 580 g/mol. The van der Waals surface area contributed by atoms with Gasteiger partial charge in [-0.15, -0.1) is 0 Å². The number of amidine groups is 1. The van der Waals surface area contributed by atoms with E-state index < -0.39 is 0 Å². The minimum absolute atomic E-state index is 0.265. The molecule has 1 heterocycles. The highest BCUT2D eigenvalue weighted by Gasteiger charge is 2.24. The second-order valence-corrected chi connectivity index (χ2v) is 9.72. The Morgan fingerprint density at radius 2 is 1.85 bits per heavy atom. The highest BCUT2D eigenvalue weighted by Crippen LogP contribution is 2.37. The van der Waals surface area contributed by atoms with Crippen molar-refractivity contribution in [2.45, 2.75) is 6.61 Å². The fraction of sp³-hybridized carbons (Fsp3) is 0.0833. The molecule has 0 radical (unpaired) electrons. The lowest BCUT2D eigenvalue weighted by Gasteiger charge is -2.13. The molecule has 1 saturated heterocycles. The number of methoxy groups -OCH3 is 1. The van der Waals surface area contributed by atoms with Gasteiger partial charge in [-0.1, -0.05) is 45.2 Å². The van der Waals surface area contributed by atoms with Crippen molar-refractivity contribution >= 4 is 73.7 Å². The Bertz CT molecular complexity index is 1320. The fourth-order valence-corrected chi connectivity index (χ4v) is 4.57. The Morgan fingerprint density at radius 3 is 2.56 bits per heavy atom. The molecule has 0 aromatic heterocycles. The van der Waals surface area contributed by atoms with Crippen molar-refractivity contribution in [3.8, 4) is 11.5 Å². The summed E-state index contributed by atoms with van der Waals surface area (Å²) in [5.74, 6) is 0.385. The van der Waals surface area contributed by atoms with Gasteiger partial charge in [0.25, 0.3) is 5.91 Å². The summed E-state index contributed by atoms with van der Waals surface area (Å²) in [6, 6.07) is 14.5. The zero-order chi connectivity index (χ0) is 24.2. The average molecular weight is 582 g/mol. The van der Waals surface area contributed by atoms with E-state index in [1.807, 2.05) is 6.07 Å². The molecule has 3 aromatic rings. The van der Waals surface area contributed by atoms with Crippen LogP contribution in [0.3, 0.4) is 0 Å². The number of rotatable bonds is 6. The number of hydrogen-bond acceptors (Lipinski definition) is 5. The highest BCUT2D eigenvalue weighted by molar-refractivity contribution is 9.10. The predicted octanol–water partition coefficient (Wildman–Crippen LogP) is 7.37. The molecule has 5 nitrogen and oxygen atoms in total. The number of carbonyl (C=O) groups excluding carboxylic acids is 1. The van der Waals surface area contributed by atoms with Crippen LogP contribution >= 0.6 is 50.9 Å². The summed E-state index contributed by atoms with van der Waals surface area (Å²) in [7, 11) is 1.54. The second-order valence-electron chi connectivity index (χ2n) is 7.02. The summed E-state index contributed by atoms with van der Waals surface area (Å²) >= 11 is 16.8. The van der Waals surface area contributed by atoms with Crippen molar-refractivity contribution in [1.82, 2.24) is 5.32 Å². The molecule has 0 aliphatic carbocycles. The van der Waals surface area contributed by atoms with Gasteiger partial charge >= 0.3 is 0 Å². The Morgan fingerprint density at radius 1 is 1.09 bits per heavy atom. The van der Waals surface area contributed by atoms with Gasteiger partial charge in [-0.2, -0.15) is 0 Å². The molecule has 174 valence electrons. The molecule has 1 aliphatic rings. The van der Waals surface area contributed by atoms with E-state index in [0.717, 1.165) is 11.1 Å². The van der Waals surface area contributed by atoms with E-state index in [2.05, 4.69) is 26.2 Å². The molecule has 0 unspecified atom stereocenters. The van der Waals surface area contributed by atoms with Gasteiger partial charge in [-0.25, -0.2) is 9.38 Å². The van der Waals surface area contributed by atoms with Crippen molar-refractivity contribution in [1.29, 1.82) is 0 Å². The Kier molecular flexibility index (Phi) is 7.83. The first-order valence-electron chi connectivity index (χ1n) is 9.82. The Balaban J connectivity index is 1.53. The van der Waals surface area contributed by atoms with Crippen LogP contribution in [0.15, 0.2) is 69.0 Å². The molecule has 0 bridgehead atoms. The van der Waals surface area contributed by atoms with Crippen molar-refractivity contribution in [3.05, 3.63) is 91.0 Å².